The molecular weight excluding hydrogens is 324 g/mol. The van der Waals surface area contributed by atoms with E-state index < -0.39 is 36.0 Å². The van der Waals surface area contributed by atoms with Crippen molar-refractivity contribution in [2.45, 2.75) is 31.7 Å². The summed E-state index contributed by atoms with van der Waals surface area (Å²) in [6.45, 7) is -0.0897. The van der Waals surface area contributed by atoms with E-state index in [4.69, 9.17) is 0 Å². The molecule has 0 fully saturated rings. The van der Waals surface area contributed by atoms with E-state index >= 15 is 0 Å². The summed E-state index contributed by atoms with van der Waals surface area (Å²) in [4.78, 5) is 11.4. The van der Waals surface area contributed by atoms with Crippen LogP contribution in [0.5, 0.6) is 0 Å². The summed E-state index contributed by atoms with van der Waals surface area (Å²) < 4.78 is 75.9. The van der Waals surface area contributed by atoms with Crippen molar-refractivity contribution in [1.82, 2.24) is 5.32 Å². The van der Waals surface area contributed by atoms with Crippen LogP contribution in [0, 0.1) is 5.92 Å². The fourth-order valence-electron chi connectivity index (χ4n) is 2.32. The summed E-state index contributed by atoms with van der Waals surface area (Å²) in [5.74, 6) is -2.41. The number of allylic oxidation sites excluding steroid dienone is 2. The number of carbonyl (C=O) groups excluding carboxylic acids is 1. The third-order valence-electron chi connectivity index (χ3n) is 3.49. The fraction of sp³-hybridized carbons (Fsp3) is 0.400. The number of ketones is 1. The van der Waals surface area contributed by atoms with E-state index in [2.05, 4.69) is 5.32 Å². The van der Waals surface area contributed by atoms with Gasteiger partial charge in [0.2, 0.25) is 0 Å². The van der Waals surface area contributed by atoms with Gasteiger partial charge in [0.1, 0.15) is 0 Å². The maximum absolute atomic E-state index is 12.7. The van der Waals surface area contributed by atoms with Crippen molar-refractivity contribution < 1.29 is 31.1 Å². The number of benzene rings is 1. The quantitative estimate of drug-likeness (QED) is 0.837. The van der Waals surface area contributed by atoms with Gasteiger partial charge in [-0.1, -0.05) is 12.1 Å². The van der Waals surface area contributed by atoms with E-state index in [-0.39, 0.29) is 24.2 Å². The van der Waals surface area contributed by atoms with Gasteiger partial charge in [0.05, 0.1) is 11.5 Å². The smallest absolute Gasteiger partial charge is 0.384 e. The van der Waals surface area contributed by atoms with E-state index in [1.807, 2.05) is 0 Å². The molecule has 1 aliphatic rings. The number of alkyl halides is 6. The minimum Gasteiger partial charge on any atom is -0.384 e. The van der Waals surface area contributed by atoms with Crippen molar-refractivity contribution in [1.29, 1.82) is 0 Å². The first-order valence-electron chi connectivity index (χ1n) is 6.76. The van der Waals surface area contributed by atoms with Crippen LogP contribution >= 0.6 is 0 Å². The maximum Gasteiger partial charge on any atom is 0.416 e. The minimum atomic E-state index is -4.49. The van der Waals surface area contributed by atoms with Crippen molar-refractivity contribution in [3.8, 4) is 0 Å². The van der Waals surface area contributed by atoms with Crippen LogP contribution in [0.15, 0.2) is 36.0 Å². The monoisotopic (exact) mass is 337 g/mol. The number of hydrogen-bond donors (Lipinski definition) is 1. The lowest BCUT2D eigenvalue weighted by Crippen LogP contribution is -2.31. The van der Waals surface area contributed by atoms with Gasteiger partial charge in [-0.25, -0.2) is 0 Å². The second-order valence-corrected chi connectivity index (χ2v) is 5.33. The van der Waals surface area contributed by atoms with Crippen molar-refractivity contribution in [2.24, 2.45) is 5.92 Å². The van der Waals surface area contributed by atoms with Gasteiger partial charge < -0.3 is 5.32 Å². The van der Waals surface area contributed by atoms with Crippen molar-refractivity contribution >= 4 is 5.78 Å². The SMILES string of the molecule is O=C1C=C(NCc2cccc(C(F)(F)F)c2)CC(C(F)(F)F)C1. The second-order valence-electron chi connectivity index (χ2n) is 5.33. The van der Waals surface area contributed by atoms with E-state index in [0.29, 0.717) is 0 Å². The van der Waals surface area contributed by atoms with Crippen LogP contribution in [0.25, 0.3) is 0 Å². The van der Waals surface area contributed by atoms with E-state index in [0.717, 1.165) is 18.2 Å². The zero-order valence-corrected chi connectivity index (χ0v) is 11.8. The topological polar surface area (TPSA) is 29.1 Å². The molecule has 0 aromatic heterocycles. The third kappa shape index (κ3) is 4.74. The standard InChI is InChI=1S/C15H13F6NO/c16-14(17,18)10-3-1-2-9(4-10)8-22-12-5-11(15(19,20)21)6-13(23)7-12/h1-4,7,11,22H,5-6,8H2. The molecule has 1 unspecified atom stereocenters. The van der Waals surface area contributed by atoms with Gasteiger partial charge in [0.25, 0.3) is 0 Å². The number of nitrogens with one attached hydrogen (secondary N) is 1. The van der Waals surface area contributed by atoms with Gasteiger partial charge in [-0.15, -0.1) is 0 Å². The van der Waals surface area contributed by atoms with Crippen LogP contribution in [-0.2, 0) is 17.5 Å². The molecule has 23 heavy (non-hydrogen) atoms. The lowest BCUT2D eigenvalue weighted by molar-refractivity contribution is -0.178. The van der Waals surface area contributed by atoms with Gasteiger partial charge in [-0.3, -0.25) is 4.79 Å². The van der Waals surface area contributed by atoms with Crippen LogP contribution in [0.3, 0.4) is 0 Å². The van der Waals surface area contributed by atoms with Gasteiger partial charge >= 0.3 is 12.4 Å². The Balaban J connectivity index is 2.05. The molecule has 1 aromatic carbocycles. The molecular formula is C15H13F6NO. The Bertz CT molecular complexity index is 617. The Morgan fingerprint density at radius 2 is 1.78 bits per heavy atom. The average molecular weight is 337 g/mol. The second kappa shape index (κ2) is 6.25. The highest BCUT2D eigenvalue weighted by Crippen LogP contribution is 2.36. The molecule has 0 heterocycles. The Morgan fingerprint density at radius 3 is 2.39 bits per heavy atom. The van der Waals surface area contributed by atoms with Crippen molar-refractivity contribution in [3.05, 3.63) is 47.2 Å². The Hall–Kier alpha value is -1.99. The van der Waals surface area contributed by atoms with Gasteiger partial charge in [0, 0.05) is 24.7 Å². The lowest BCUT2D eigenvalue weighted by atomic mass is 9.90. The molecule has 2 rings (SSSR count). The summed E-state index contributed by atoms with van der Waals surface area (Å²) in [6, 6.07) is 4.47. The van der Waals surface area contributed by atoms with Crippen LogP contribution in [-0.4, -0.2) is 12.0 Å². The van der Waals surface area contributed by atoms with Gasteiger partial charge in [0.15, 0.2) is 5.78 Å². The molecule has 0 saturated heterocycles. The lowest BCUT2D eigenvalue weighted by Gasteiger charge is -2.25. The predicted octanol–water partition coefficient (Wildman–Crippen LogP) is 4.22. The van der Waals surface area contributed by atoms with Crippen LogP contribution in [0.4, 0.5) is 26.3 Å². The normalized spacial score (nSPS) is 19.5. The highest BCUT2D eigenvalue weighted by molar-refractivity contribution is 5.91. The summed E-state index contributed by atoms with van der Waals surface area (Å²) in [5, 5.41) is 2.62. The molecule has 0 aliphatic heterocycles. The van der Waals surface area contributed by atoms with Crippen LogP contribution in [0.1, 0.15) is 24.0 Å². The van der Waals surface area contributed by atoms with Crippen molar-refractivity contribution in [2.75, 3.05) is 0 Å². The molecule has 1 N–H and O–H groups in total. The molecule has 0 spiro atoms. The zero-order valence-electron chi connectivity index (χ0n) is 11.8. The molecule has 0 saturated carbocycles. The van der Waals surface area contributed by atoms with Crippen LogP contribution in [0.2, 0.25) is 0 Å². The number of carbonyl (C=O) groups is 1. The highest BCUT2D eigenvalue weighted by Gasteiger charge is 2.42. The number of rotatable bonds is 3. The van der Waals surface area contributed by atoms with E-state index in [1.54, 1.807) is 0 Å². The number of hydrogen-bond acceptors (Lipinski definition) is 2. The average Bonchev–Trinajstić information content (AvgIpc) is 2.43. The highest BCUT2D eigenvalue weighted by atomic mass is 19.4. The Morgan fingerprint density at radius 1 is 1.09 bits per heavy atom. The summed E-state index contributed by atoms with van der Waals surface area (Å²) in [7, 11) is 0. The first-order valence-corrected chi connectivity index (χ1v) is 6.76. The molecule has 1 aliphatic carbocycles. The molecule has 1 aromatic rings. The molecule has 126 valence electrons. The molecule has 0 radical (unpaired) electrons. The van der Waals surface area contributed by atoms with Crippen molar-refractivity contribution in [3.63, 3.8) is 0 Å². The number of halogens is 6. The molecule has 2 nitrogen and oxygen atoms in total. The first-order chi connectivity index (χ1) is 10.6. The largest absolute Gasteiger partial charge is 0.416 e. The predicted molar refractivity (Wildman–Crippen MR) is 70.2 cm³/mol. The summed E-state index contributed by atoms with van der Waals surface area (Å²) in [6.07, 6.45) is -8.87. The van der Waals surface area contributed by atoms with Gasteiger partial charge in [-0.2, -0.15) is 26.3 Å². The van der Waals surface area contributed by atoms with Gasteiger partial charge in [-0.05, 0) is 24.1 Å². The minimum absolute atomic E-state index is 0.0842. The van der Waals surface area contributed by atoms with E-state index in [1.165, 1.54) is 12.1 Å². The molecule has 1 atom stereocenters. The van der Waals surface area contributed by atoms with Crippen LogP contribution < -0.4 is 5.32 Å². The Kier molecular flexibility index (Phi) is 4.72. The zero-order chi connectivity index (χ0) is 17.3. The molecule has 0 bridgehead atoms. The molecule has 0 amide bonds. The Labute approximate surface area is 128 Å². The first kappa shape index (κ1) is 17.4. The van der Waals surface area contributed by atoms with E-state index in [9.17, 15) is 31.1 Å². The fourth-order valence-corrected chi connectivity index (χ4v) is 2.32. The summed E-state index contributed by atoms with van der Waals surface area (Å²) >= 11 is 0. The maximum atomic E-state index is 12.7. The third-order valence-corrected chi connectivity index (χ3v) is 3.49. The molecule has 8 heteroatoms. The summed E-state index contributed by atoms with van der Waals surface area (Å²) in [5.41, 5.74) is -0.484.